The lowest BCUT2D eigenvalue weighted by molar-refractivity contribution is -0.278. The van der Waals surface area contributed by atoms with Crippen LogP contribution >= 0.6 is 7.82 Å². The number of phosphoric acid groups is 1. The van der Waals surface area contributed by atoms with Crippen LogP contribution in [0, 0.1) is 0 Å². The van der Waals surface area contributed by atoms with E-state index >= 15 is 0 Å². The van der Waals surface area contributed by atoms with E-state index in [-0.39, 0.29) is 0 Å². The first-order chi connectivity index (χ1) is 35.3. The highest BCUT2D eigenvalue weighted by Gasteiger charge is 2.58. The second-order valence-corrected chi connectivity index (χ2v) is 19.1. The molecule has 4 saturated heterocycles. The Bertz CT molecular complexity index is 3060. The number of hydrogen-bond acceptors (Lipinski definition) is 19. The number of primary amides is 2. The molecule has 4 fully saturated rings. The van der Waals surface area contributed by atoms with Gasteiger partial charge in [-0.25, -0.2) is 14.2 Å². The van der Waals surface area contributed by atoms with Crippen LogP contribution in [0.5, 0.6) is 11.5 Å². The van der Waals surface area contributed by atoms with Gasteiger partial charge in [0.25, 0.3) is 17.6 Å². The number of nitrogens with two attached hydrogens (primary N) is 2. The molecule has 0 aliphatic carbocycles. The average molecular weight is 1050 g/mol. The van der Waals surface area contributed by atoms with Crippen LogP contribution < -0.4 is 43.4 Å². The lowest BCUT2D eigenvalue weighted by Gasteiger charge is -2.37. The molecule has 0 bridgehead atoms. The molecule has 9 rings (SSSR count). The number of aromatic nitrogens is 4. The predicted molar refractivity (Wildman–Crippen MR) is 250 cm³/mol. The monoisotopic (exact) mass is 1050 g/mol. The standard InChI is InChI=1S/C47H51N6O20P/c1-46(2)71-33-30(67-42(38(33)72-46)53-21-19-32(55)51-44(53)59)23-65-74(60,61)73-34-29(66-41(52-20-18-31(54)50-43(52)58)37(34)70-45-68-35(39(48)56)36(69-45)40(49)57)22-64-47(24-8-6-5-7-9-24,25-10-14-27(62-3)15-11-25)26-12-16-28(63-4)17-13-26/h5-21,29-30,33-38,41-42,45H,22-23H2,1-4H3,(H2,48,56)(H2,49,57)(H,60,61)(H,50,54,58)(H,51,55,59)/t29-,30-,33-,34-,35-,36-,37-,38-,41-,42-/m1/s1. The molecule has 3 aromatic carbocycles. The molecule has 26 nitrogen and oxygen atoms in total. The van der Waals surface area contributed by atoms with Crippen LogP contribution in [-0.2, 0) is 66.7 Å². The third-order valence-corrected chi connectivity index (χ3v) is 13.6. The molecule has 4 aliphatic heterocycles. The van der Waals surface area contributed by atoms with Gasteiger partial charge < -0.3 is 63.7 Å². The number of ether oxygens (including phenoxy) is 10. The van der Waals surface area contributed by atoms with Crippen LogP contribution in [0.1, 0.15) is 43.0 Å². The second-order valence-electron chi connectivity index (χ2n) is 17.7. The summed E-state index contributed by atoms with van der Waals surface area (Å²) in [5, 5.41) is 0. The predicted octanol–water partition coefficient (Wildman–Crippen LogP) is 0.353. The third-order valence-electron chi connectivity index (χ3n) is 12.6. The number of H-pyrrole nitrogens is 2. The first kappa shape index (κ1) is 52.2. The summed E-state index contributed by atoms with van der Waals surface area (Å²) in [7, 11) is -2.43. The summed E-state index contributed by atoms with van der Waals surface area (Å²) < 4.78 is 88.4. The number of carbonyl (C=O) groups is 2. The Hall–Kier alpha value is -6.65. The molecule has 0 radical (unpaired) electrons. The lowest BCUT2D eigenvalue weighted by Crippen LogP contribution is -2.44. The Morgan fingerprint density at radius 1 is 0.676 bits per heavy atom. The first-order valence-corrected chi connectivity index (χ1v) is 24.3. The van der Waals surface area contributed by atoms with Gasteiger partial charge in [0.1, 0.15) is 53.7 Å². The highest BCUT2D eigenvalue weighted by molar-refractivity contribution is 7.47. The van der Waals surface area contributed by atoms with Gasteiger partial charge in [0.2, 0.25) is 11.8 Å². The maximum atomic E-state index is 14.6. The van der Waals surface area contributed by atoms with Crippen LogP contribution in [0.15, 0.2) is 123 Å². The molecule has 11 atom stereocenters. The number of carbonyl (C=O) groups excluding carboxylic acids is 2. The van der Waals surface area contributed by atoms with Crippen molar-refractivity contribution in [2.24, 2.45) is 11.5 Å². The van der Waals surface area contributed by atoms with Gasteiger partial charge in [0.15, 0.2) is 30.5 Å². The van der Waals surface area contributed by atoms with Crippen LogP contribution in [-0.4, -0.2) is 124 Å². The summed E-state index contributed by atoms with van der Waals surface area (Å²) in [6.45, 7) is -0.113. The number of aromatic amines is 2. The fourth-order valence-corrected chi connectivity index (χ4v) is 10.2. The molecule has 394 valence electrons. The molecule has 1 unspecified atom stereocenters. The molecule has 5 aromatic rings. The molecule has 27 heteroatoms. The van der Waals surface area contributed by atoms with Crippen molar-refractivity contribution in [3.63, 3.8) is 0 Å². The summed E-state index contributed by atoms with van der Waals surface area (Å²) in [5.74, 6) is -2.51. The summed E-state index contributed by atoms with van der Waals surface area (Å²) in [6.07, 6.45) is -12.7. The molecular formula is C47H51N6O20P. The Morgan fingerprint density at radius 2 is 1.18 bits per heavy atom. The van der Waals surface area contributed by atoms with Gasteiger partial charge in [-0.15, -0.1) is 0 Å². The van der Waals surface area contributed by atoms with Crippen molar-refractivity contribution in [3.8, 4) is 11.5 Å². The van der Waals surface area contributed by atoms with Crippen molar-refractivity contribution in [1.82, 2.24) is 19.1 Å². The molecule has 4 aliphatic rings. The molecule has 6 heterocycles. The minimum atomic E-state index is -5.45. The number of fused-ring (bicyclic) bond motifs is 1. The molecule has 2 amide bonds. The molecule has 2 aromatic heterocycles. The van der Waals surface area contributed by atoms with E-state index in [0.717, 1.165) is 27.5 Å². The fraction of sp³-hybridized carbons (Fsp3) is 0.404. The zero-order valence-corrected chi connectivity index (χ0v) is 40.7. The van der Waals surface area contributed by atoms with E-state index < -0.39 is 135 Å². The lowest BCUT2D eigenvalue weighted by atomic mass is 9.80. The van der Waals surface area contributed by atoms with Crippen molar-refractivity contribution in [2.75, 3.05) is 27.4 Å². The van der Waals surface area contributed by atoms with E-state index in [2.05, 4.69) is 9.97 Å². The maximum Gasteiger partial charge on any atom is 0.472 e. The zero-order chi connectivity index (χ0) is 52.7. The van der Waals surface area contributed by atoms with Crippen molar-refractivity contribution in [3.05, 3.63) is 162 Å². The number of hydrogen-bond donors (Lipinski definition) is 5. The van der Waals surface area contributed by atoms with Gasteiger partial charge >= 0.3 is 19.2 Å². The van der Waals surface area contributed by atoms with E-state index in [1.165, 1.54) is 20.4 Å². The van der Waals surface area contributed by atoms with Crippen molar-refractivity contribution in [2.45, 2.75) is 93.0 Å². The minimum Gasteiger partial charge on any atom is -0.497 e. The van der Waals surface area contributed by atoms with Crippen molar-refractivity contribution < 1.29 is 75.5 Å². The Labute approximate surface area is 418 Å². The molecule has 7 N–H and O–H groups in total. The number of amides is 2. The maximum absolute atomic E-state index is 14.6. The van der Waals surface area contributed by atoms with Gasteiger partial charge in [-0.1, -0.05) is 54.6 Å². The molecular weight excluding hydrogens is 1000 g/mol. The van der Waals surface area contributed by atoms with Crippen LogP contribution in [0.3, 0.4) is 0 Å². The third kappa shape index (κ3) is 10.5. The SMILES string of the molecule is COc1ccc(C(OC[C@H]2O[C@@H](n3ccc(=O)[nH]c3=O)[C@H](OC3O[C@@H](C(N)=O)[C@H](C(N)=O)O3)[C@@H]2OP(=O)(O)OC[C@H]2O[C@@H](n3ccc(=O)[nH]c3=O)[C@@H]3OC(C)(C)O[C@@H]32)(c2ccccc2)c2ccc(OC)cc2)cc1. The first-order valence-electron chi connectivity index (χ1n) is 22.8. The van der Waals surface area contributed by atoms with E-state index in [1.807, 2.05) is 12.1 Å². The largest absolute Gasteiger partial charge is 0.497 e. The van der Waals surface area contributed by atoms with Crippen molar-refractivity contribution in [1.29, 1.82) is 0 Å². The number of nitrogens with zero attached hydrogens (tertiary/aromatic N) is 2. The Balaban J connectivity index is 1.11. The average Bonchev–Trinajstić information content (AvgIpc) is 4.13. The number of rotatable bonds is 19. The Morgan fingerprint density at radius 3 is 1.69 bits per heavy atom. The van der Waals surface area contributed by atoms with Gasteiger partial charge in [-0.05, 0) is 54.8 Å². The topological polar surface area (TPSA) is 344 Å². The highest BCUT2D eigenvalue weighted by Crippen LogP contribution is 2.52. The summed E-state index contributed by atoms with van der Waals surface area (Å²) in [6, 6.07) is 25.1. The number of methoxy groups -OCH3 is 2. The molecule has 0 spiro atoms. The van der Waals surface area contributed by atoms with E-state index in [4.69, 9.17) is 67.9 Å². The zero-order valence-electron chi connectivity index (χ0n) is 39.8. The van der Waals surface area contributed by atoms with E-state index in [0.29, 0.717) is 28.2 Å². The van der Waals surface area contributed by atoms with Gasteiger partial charge in [-0.2, -0.15) is 0 Å². The van der Waals surface area contributed by atoms with E-state index in [9.17, 15) is 38.2 Å². The Kier molecular flexibility index (Phi) is 14.8. The smallest absolute Gasteiger partial charge is 0.472 e. The van der Waals surface area contributed by atoms with Crippen molar-refractivity contribution >= 4 is 19.6 Å². The molecule has 0 saturated carbocycles. The highest BCUT2D eigenvalue weighted by atomic mass is 31.2. The minimum absolute atomic E-state index is 0.523. The quantitative estimate of drug-likeness (QED) is 0.0550. The van der Waals surface area contributed by atoms with Crippen LogP contribution in [0.4, 0.5) is 0 Å². The van der Waals surface area contributed by atoms with Crippen LogP contribution in [0.2, 0.25) is 0 Å². The van der Waals surface area contributed by atoms with Gasteiger partial charge in [0.05, 0.1) is 27.4 Å². The van der Waals surface area contributed by atoms with E-state index in [1.54, 1.807) is 80.6 Å². The summed E-state index contributed by atoms with van der Waals surface area (Å²) >= 11 is 0. The molecule has 74 heavy (non-hydrogen) atoms. The van der Waals surface area contributed by atoms with Gasteiger partial charge in [-0.3, -0.25) is 47.3 Å². The number of benzene rings is 3. The van der Waals surface area contributed by atoms with Crippen LogP contribution in [0.25, 0.3) is 0 Å². The number of nitrogens with one attached hydrogen (secondary N) is 2. The fourth-order valence-electron chi connectivity index (χ4n) is 9.28. The number of phosphoric ester groups is 1. The summed E-state index contributed by atoms with van der Waals surface area (Å²) in [4.78, 5) is 91.7. The second kappa shape index (κ2) is 20.9. The van der Waals surface area contributed by atoms with Gasteiger partial charge in [0, 0.05) is 24.5 Å². The summed E-state index contributed by atoms with van der Waals surface area (Å²) in [5.41, 5.74) is 7.84. The normalized spacial score (nSPS) is 27.4.